The van der Waals surface area contributed by atoms with Gasteiger partial charge in [-0.1, -0.05) is 92.9 Å². The molecule has 0 heterocycles. The van der Waals surface area contributed by atoms with Crippen LogP contribution >= 0.6 is 0 Å². The van der Waals surface area contributed by atoms with Crippen molar-refractivity contribution in [2.24, 2.45) is 0 Å². The van der Waals surface area contributed by atoms with Crippen molar-refractivity contribution < 1.29 is 0 Å². The predicted molar refractivity (Wildman–Crippen MR) is 130 cm³/mol. The molecule has 3 aromatic rings. The van der Waals surface area contributed by atoms with E-state index < -0.39 is 0 Å². The average molecular weight is 391 g/mol. The molecule has 0 fully saturated rings. The minimum atomic E-state index is 1.06. The minimum Gasteiger partial charge on any atom is -0.0795 e. The third-order valence-electron chi connectivity index (χ3n) is 6.61. The van der Waals surface area contributed by atoms with Gasteiger partial charge in [-0.15, -0.1) is 0 Å². The van der Waals surface area contributed by atoms with Crippen LogP contribution in [0.3, 0.4) is 0 Å². The lowest BCUT2D eigenvalue weighted by molar-refractivity contribution is 0.675. The van der Waals surface area contributed by atoms with Gasteiger partial charge < -0.3 is 0 Å². The van der Waals surface area contributed by atoms with Gasteiger partial charge in [0.2, 0.25) is 0 Å². The van der Waals surface area contributed by atoms with Gasteiger partial charge in [0.15, 0.2) is 0 Å². The largest absolute Gasteiger partial charge is 0.0795 e. The van der Waals surface area contributed by atoms with E-state index in [1.165, 1.54) is 75.8 Å². The van der Waals surface area contributed by atoms with Crippen LogP contribution in [0, 0.1) is 0 Å². The molecule has 5 rings (SSSR count). The van der Waals surface area contributed by atoms with Crippen LogP contribution < -0.4 is 0 Å². The smallest absolute Gasteiger partial charge is 0.00134 e. The third-order valence-corrected chi connectivity index (χ3v) is 6.61. The maximum absolute atomic E-state index is 2.48. The van der Waals surface area contributed by atoms with Crippen LogP contribution in [-0.4, -0.2) is 0 Å². The Morgan fingerprint density at radius 2 is 1.60 bits per heavy atom. The number of hydrogen-bond donors (Lipinski definition) is 0. The van der Waals surface area contributed by atoms with Crippen LogP contribution in [0.15, 0.2) is 72.8 Å². The van der Waals surface area contributed by atoms with Crippen LogP contribution in [0.5, 0.6) is 0 Å². The number of fused-ring (bicyclic) bond motifs is 4. The molecule has 0 N–H and O–H groups in total. The Kier molecular flexibility index (Phi) is 5.41. The molecule has 0 heteroatoms. The summed E-state index contributed by atoms with van der Waals surface area (Å²) in [6.45, 7) is 2.28. The van der Waals surface area contributed by atoms with Crippen LogP contribution in [0.25, 0.3) is 22.8 Å². The molecule has 0 aromatic heterocycles. The molecule has 0 spiro atoms. The Bertz CT molecular complexity index is 1130. The van der Waals surface area contributed by atoms with Gasteiger partial charge >= 0.3 is 0 Å². The van der Waals surface area contributed by atoms with E-state index in [9.17, 15) is 0 Å². The highest BCUT2D eigenvalue weighted by Gasteiger charge is 2.19. The Balaban J connectivity index is 1.53. The monoisotopic (exact) mass is 390 g/mol. The van der Waals surface area contributed by atoms with Gasteiger partial charge in [0, 0.05) is 0 Å². The van der Waals surface area contributed by atoms with Crippen molar-refractivity contribution >= 4 is 11.6 Å². The second kappa shape index (κ2) is 8.48. The summed E-state index contributed by atoms with van der Waals surface area (Å²) in [5.41, 5.74) is 12.7. The summed E-state index contributed by atoms with van der Waals surface area (Å²) >= 11 is 0. The first-order valence-electron chi connectivity index (χ1n) is 11.5. The first-order valence-corrected chi connectivity index (χ1v) is 11.5. The number of allylic oxidation sites excluding steroid dienone is 2. The molecule has 0 radical (unpaired) electrons. The minimum absolute atomic E-state index is 1.06. The molecular weight excluding hydrogens is 360 g/mol. The van der Waals surface area contributed by atoms with E-state index in [0.29, 0.717) is 0 Å². The van der Waals surface area contributed by atoms with Crippen molar-refractivity contribution in [3.8, 4) is 11.1 Å². The second-order valence-corrected chi connectivity index (χ2v) is 8.69. The Morgan fingerprint density at radius 3 is 2.50 bits per heavy atom. The molecule has 2 aliphatic rings. The van der Waals surface area contributed by atoms with Crippen molar-refractivity contribution in [1.29, 1.82) is 0 Å². The number of benzene rings is 3. The number of hydrogen-bond acceptors (Lipinski definition) is 0. The molecule has 150 valence electrons. The Hall–Kier alpha value is -2.86. The molecule has 0 saturated heterocycles. The summed E-state index contributed by atoms with van der Waals surface area (Å²) in [5, 5.41) is 0. The maximum atomic E-state index is 2.48. The van der Waals surface area contributed by atoms with Gasteiger partial charge in [-0.3, -0.25) is 0 Å². The zero-order valence-electron chi connectivity index (χ0n) is 18.0. The van der Waals surface area contributed by atoms with Crippen molar-refractivity contribution in [3.63, 3.8) is 0 Å². The summed E-state index contributed by atoms with van der Waals surface area (Å²) in [4.78, 5) is 0. The van der Waals surface area contributed by atoms with E-state index in [2.05, 4.69) is 85.8 Å². The van der Waals surface area contributed by atoms with Gasteiger partial charge in [-0.05, 0) is 87.9 Å². The molecule has 0 saturated carbocycles. The summed E-state index contributed by atoms with van der Waals surface area (Å²) < 4.78 is 0. The third kappa shape index (κ3) is 3.67. The van der Waals surface area contributed by atoms with Crippen molar-refractivity contribution in [1.82, 2.24) is 0 Å². The highest BCUT2D eigenvalue weighted by molar-refractivity contribution is 5.86. The van der Waals surface area contributed by atoms with Crippen LogP contribution in [0.2, 0.25) is 0 Å². The first kappa shape index (κ1) is 19.1. The lowest BCUT2D eigenvalue weighted by Crippen LogP contribution is -1.93. The first-order chi connectivity index (χ1) is 14.8. The molecule has 0 unspecified atom stereocenters. The van der Waals surface area contributed by atoms with Gasteiger partial charge in [-0.25, -0.2) is 0 Å². The van der Waals surface area contributed by atoms with E-state index in [0.717, 1.165) is 19.3 Å². The fraction of sp³-hybridized carbons (Fsp3) is 0.267. The van der Waals surface area contributed by atoms with E-state index in [1.807, 2.05) is 0 Å². The van der Waals surface area contributed by atoms with Crippen LogP contribution in [-0.2, 0) is 12.8 Å². The molecule has 30 heavy (non-hydrogen) atoms. The van der Waals surface area contributed by atoms with Gasteiger partial charge in [0.1, 0.15) is 0 Å². The molecule has 0 amide bonds. The lowest BCUT2D eigenvalue weighted by atomic mass is 9.91. The molecule has 0 atom stereocenters. The van der Waals surface area contributed by atoms with E-state index in [4.69, 9.17) is 0 Å². The summed E-state index contributed by atoms with van der Waals surface area (Å²) in [6, 6.07) is 23.0. The fourth-order valence-electron chi connectivity index (χ4n) is 4.93. The molecular formula is C30H30. The Labute approximate surface area is 181 Å². The predicted octanol–water partition coefficient (Wildman–Crippen LogP) is 8.23. The van der Waals surface area contributed by atoms with E-state index in [1.54, 1.807) is 0 Å². The molecule has 0 aliphatic heterocycles. The zero-order valence-corrected chi connectivity index (χ0v) is 18.0. The standard InChI is InChI=1S/C30H30/c1-2-3-4-5-6-13-28(25-16-15-22-11-9-12-23(22)19-25)27-18-17-26-20-24-10-7-8-14-29(24)30(26)21-27/h7-10,12-19,21H,2-6,11,20H2,1H3/b28-13-. The topological polar surface area (TPSA) is 0 Å². The number of rotatable bonds is 7. The normalized spacial score (nSPS) is 14.0. The SMILES string of the molecule is CCCCCC/C=C(/c1ccc2c(c1)C=CC2)c1ccc2c(c1)-c1ccccc1C2. The van der Waals surface area contributed by atoms with E-state index in [-0.39, 0.29) is 0 Å². The summed E-state index contributed by atoms with van der Waals surface area (Å²) in [7, 11) is 0. The van der Waals surface area contributed by atoms with E-state index >= 15 is 0 Å². The van der Waals surface area contributed by atoms with Crippen molar-refractivity contribution in [3.05, 3.63) is 106 Å². The number of unbranched alkanes of at least 4 members (excludes halogenated alkanes) is 4. The maximum Gasteiger partial charge on any atom is -0.00134 e. The Morgan fingerprint density at radius 1 is 0.800 bits per heavy atom. The molecule has 3 aromatic carbocycles. The second-order valence-electron chi connectivity index (χ2n) is 8.69. The summed E-state index contributed by atoms with van der Waals surface area (Å²) in [5.74, 6) is 0. The summed E-state index contributed by atoms with van der Waals surface area (Å²) in [6.07, 6.45) is 15.5. The van der Waals surface area contributed by atoms with Gasteiger partial charge in [-0.2, -0.15) is 0 Å². The van der Waals surface area contributed by atoms with Gasteiger partial charge in [0.05, 0.1) is 0 Å². The highest BCUT2D eigenvalue weighted by atomic mass is 14.2. The quantitative estimate of drug-likeness (QED) is 0.279. The lowest BCUT2D eigenvalue weighted by Gasteiger charge is -2.13. The van der Waals surface area contributed by atoms with Crippen LogP contribution in [0.1, 0.15) is 72.4 Å². The van der Waals surface area contributed by atoms with Crippen LogP contribution in [0.4, 0.5) is 0 Å². The fourth-order valence-corrected chi connectivity index (χ4v) is 4.93. The van der Waals surface area contributed by atoms with Gasteiger partial charge in [0.25, 0.3) is 0 Å². The highest BCUT2D eigenvalue weighted by Crippen LogP contribution is 2.39. The molecule has 0 bridgehead atoms. The zero-order chi connectivity index (χ0) is 20.3. The average Bonchev–Trinajstić information content (AvgIpc) is 3.39. The molecule has 0 nitrogen and oxygen atoms in total. The molecule has 2 aliphatic carbocycles. The van der Waals surface area contributed by atoms with Crippen molar-refractivity contribution in [2.75, 3.05) is 0 Å². The van der Waals surface area contributed by atoms with Crippen molar-refractivity contribution in [2.45, 2.75) is 51.9 Å².